The average molecular weight is 294 g/mol. The minimum atomic E-state index is -1.09. The Labute approximate surface area is 121 Å². The largest absolute Gasteiger partial charge is 0.478 e. The molecule has 0 saturated heterocycles. The normalized spacial score (nSPS) is 10.3. The summed E-state index contributed by atoms with van der Waals surface area (Å²) in [7, 11) is 0. The molecule has 5 heteroatoms. The molecule has 0 heterocycles. The Morgan fingerprint density at radius 3 is 2.70 bits per heavy atom. The lowest BCUT2D eigenvalue weighted by Gasteiger charge is -2.09. The fraction of sp³-hybridized carbons (Fsp3) is 0.133. The number of rotatable bonds is 4. The summed E-state index contributed by atoms with van der Waals surface area (Å²) >= 11 is 6.01. The molecule has 20 heavy (non-hydrogen) atoms. The van der Waals surface area contributed by atoms with E-state index in [0.717, 1.165) is 17.2 Å². The van der Waals surface area contributed by atoms with E-state index in [9.17, 15) is 9.18 Å². The van der Waals surface area contributed by atoms with Crippen molar-refractivity contribution in [2.75, 3.05) is 5.32 Å². The minimum absolute atomic E-state index is 0.0378. The first-order chi connectivity index (χ1) is 9.47. The van der Waals surface area contributed by atoms with Crippen LogP contribution in [0.25, 0.3) is 0 Å². The molecule has 0 aliphatic carbocycles. The van der Waals surface area contributed by atoms with Gasteiger partial charge in [-0.15, -0.1) is 0 Å². The number of hydrogen-bond donors (Lipinski definition) is 2. The highest BCUT2D eigenvalue weighted by atomic mass is 35.5. The molecule has 0 aliphatic heterocycles. The Bertz CT molecular complexity index is 658. The molecular weight excluding hydrogens is 281 g/mol. The molecule has 0 amide bonds. The van der Waals surface area contributed by atoms with E-state index in [1.807, 2.05) is 19.1 Å². The maximum Gasteiger partial charge on any atom is 0.335 e. The monoisotopic (exact) mass is 293 g/mol. The van der Waals surface area contributed by atoms with Crippen molar-refractivity contribution in [3.05, 3.63) is 63.9 Å². The molecule has 0 spiro atoms. The van der Waals surface area contributed by atoms with Crippen LogP contribution in [-0.4, -0.2) is 11.1 Å². The van der Waals surface area contributed by atoms with E-state index >= 15 is 0 Å². The maximum atomic E-state index is 13.6. The second-order valence-electron chi connectivity index (χ2n) is 4.44. The van der Waals surface area contributed by atoms with E-state index < -0.39 is 11.8 Å². The topological polar surface area (TPSA) is 49.3 Å². The predicted molar refractivity (Wildman–Crippen MR) is 76.9 cm³/mol. The number of aryl methyl sites for hydroxylation is 1. The Kier molecular flexibility index (Phi) is 4.25. The van der Waals surface area contributed by atoms with Gasteiger partial charge in [0.05, 0.1) is 11.3 Å². The van der Waals surface area contributed by atoms with Crippen molar-refractivity contribution < 1.29 is 14.3 Å². The zero-order valence-corrected chi connectivity index (χ0v) is 11.5. The quantitative estimate of drug-likeness (QED) is 0.892. The van der Waals surface area contributed by atoms with Crippen LogP contribution in [-0.2, 0) is 6.54 Å². The summed E-state index contributed by atoms with van der Waals surface area (Å²) in [5, 5.41) is 12.4. The van der Waals surface area contributed by atoms with Crippen LogP contribution in [0.1, 0.15) is 21.5 Å². The van der Waals surface area contributed by atoms with Crippen LogP contribution in [0.3, 0.4) is 0 Å². The minimum Gasteiger partial charge on any atom is -0.478 e. The highest BCUT2D eigenvalue weighted by Gasteiger charge is 2.08. The molecule has 0 aliphatic rings. The third-order valence-electron chi connectivity index (χ3n) is 2.93. The fourth-order valence-electron chi connectivity index (χ4n) is 1.74. The highest BCUT2D eigenvalue weighted by molar-refractivity contribution is 6.31. The van der Waals surface area contributed by atoms with E-state index in [0.29, 0.717) is 11.6 Å². The molecule has 104 valence electrons. The van der Waals surface area contributed by atoms with Crippen molar-refractivity contribution in [3.8, 4) is 0 Å². The van der Waals surface area contributed by atoms with Gasteiger partial charge in [0.15, 0.2) is 0 Å². The van der Waals surface area contributed by atoms with Crippen molar-refractivity contribution >= 4 is 23.3 Å². The van der Waals surface area contributed by atoms with Crippen LogP contribution in [0.5, 0.6) is 0 Å². The van der Waals surface area contributed by atoms with Gasteiger partial charge >= 0.3 is 5.97 Å². The first-order valence-corrected chi connectivity index (χ1v) is 6.37. The molecule has 0 radical (unpaired) electrons. The number of benzene rings is 2. The van der Waals surface area contributed by atoms with Crippen LogP contribution in [0.2, 0.25) is 5.02 Å². The molecule has 0 atom stereocenters. The first kappa shape index (κ1) is 14.3. The summed E-state index contributed by atoms with van der Waals surface area (Å²) in [6.07, 6.45) is 0. The average Bonchev–Trinajstić information content (AvgIpc) is 2.41. The number of halogens is 2. The number of anilines is 1. The Balaban J connectivity index is 2.15. The lowest BCUT2D eigenvalue weighted by atomic mass is 10.1. The fourth-order valence-corrected chi connectivity index (χ4v) is 1.94. The molecule has 2 aromatic carbocycles. The predicted octanol–water partition coefficient (Wildman–Crippen LogP) is 4.10. The molecular formula is C15H13ClFNO2. The molecule has 2 N–H and O–H groups in total. The molecule has 3 nitrogen and oxygen atoms in total. The molecule has 0 fully saturated rings. The SMILES string of the molecule is Cc1ccc(CNc2cc(C(=O)O)ccc2F)cc1Cl. The third kappa shape index (κ3) is 3.27. The summed E-state index contributed by atoms with van der Waals surface area (Å²) in [5.74, 6) is -1.58. The number of aromatic carboxylic acids is 1. The molecule has 2 aromatic rings. The van der Waals surface area contributed by atoms with Gasteiger partial charge in [-0.3, -0.25) is 0 Å². The third-order valence-corrected chi connectivity index (χ3v) is 3.34. The van der Waals surface area contributed by atoms with Crippen molar-refractivity contribution in [2.45, 2.75) is 13.5 Å². The van der Waals surface area contributed by atoms with Crippen molar-refractivity contribution in [2.24, 2.45) is 0 Å². The Morgan fingerprint density at radius 1 is 1.30 bits per heavy atom. The number of carbonyl (C=O) groups is 1. The van der Waals surface area contributed by atoms with Crippen LogP contribution < -0.4 is 5.32 Å². The van der Waals surface area contributed by atoms with E-state index in [1.165, 1.54) is 12.1 Å². The maximum absolute atomic E-state index is 13.6. The molecule has 0 saturated carbocycles. The second-order valence-corrected chi connectivity index (χ2v) is 4.84. The standard InChI is InChI=1S/C15H13ClFNO2/c1-9-2-3-10(6-12(9)16)8-18-14-7-11(15(19)20)4-5-13(14)17/h2-7,18H,8H2,1H3,(H,19,20). The van der Waals surface area contributed by atoms with Crippen LogP contribution in [0.4, 0.5) is 10.1 Å². The van der Waals surface area contributed by atoms with Gasteiger partial charge in [0.1, 0.15) is 5.82 Å². The van der Waals surface area contributed by atoms with Gasteiger partial charge in [0, 0.05) is 11.6 Å². The van der Waals surface area contributed by atoms with E-state index in [2.05, 4.69) is 5.32 Å². The van der Waals surface area contributed by atoms with E-state index in [-0.39, 0.29) is 11.3 Å². The van der Waals surface area contributed by atoms with Gasteiger partial charge in [0.2, 0.25) is 0 Å². The summed E-state index contributed by atoms with van der Waals surface area (Å²) in [6, 6.07) is 9.19. The number of nitrogens with one attached hydrogen (secondary N) is 1. The lowest BCUT2D eigenvalue weighted by molar-refractivity contribution is 0.0697. The smallest absolute Gasteiger partial charge is 0.335 e. The van der Waals surface area contributed by atoms with E-state index in [4.69, 9.17) is 16.7 Å². The van der Waals surface area contributed by atoms with Crippen molar-refractivity contribution in [1.82, 2.24) is 0 Å². The van der Waals surface area contributed by atoms with Gasteiger partial charge in [-0.2, -0.15) is 0 Å². The van der Waals surface area contributed by atoms with Gasteiger partial charge in [-0.05, 0) is 42.3 Å². The zero-order chi connectivity index (χ0) is 14.7. The van der Waals surface area contributed by atoms with Gasteiger partial charge in [0.25, 0.3) is 0 Å². The lowest BCUT2D eigenvalue weighted by Crippen LogP contribution is -2.04. The zero-order valence-electron chi connectivity index (χ0n) is 10.8. The molecule has 2 rings (SSSR count). The van der Waals surface area contributed by atoms with Crippen molar-refractivity contribution in [3.63, 3.8) is 0 Å². The number of carboxylic acids is 1. The second kappa shape index (κ2) is 5.92. The molecule has 0 aromatic heterocycles. The summed E-state index contributed by atoms with van der Waals surface area (Å²) in [6.45, 7) is 2.26. The van der Waals surface area contributed by atoms with Crippen LogP contribution >= 0.6 is 11.6 Å². The van der Waals surface area contributed by atoms with Gasteiger partial charge in [-0.1, -0.05) is 23.7 Å². The first-order valence-electron chi connectivity index (χ1n) is 5.99. The number of hydrogen-bond acceptors (Lipinski definition) is 2. The molecule has 0 bridgehead atoms. The summed E-state index contributed by atoms with van der Waals surface area (Å²) < 4.78 is 13.6. The summed E-state index contributed by atoms with van der Waals surface area (Å²) in [4.78, 5) is 10.9. The molecule has 0 unspecified atom stereocenters. The highest BCUT2D eigenvalue weighted by Crippen LogP contribution is 2.20. The summed E-state index contributed by atoms with van der Waals surface area (Å²) in [5.41, 5.74) is 2.05. The Morgan fingerprint density at radius 2 is 2.05 bits per heavy atom. The number of carboxylic acid groups (broad SMARTS) is 1. The Hall–Kier alpha value is -2.07. The van der Waals surface area contributed by atoms with Crippen LogP contribution in [0.15, 0.2) is 36.4 Å². The van der Waals surface area contributed by atoms with Crippen LogP contribution in [0, 0.1) is 12.7 Å². The van der Waals surface area contributed by atoms with Gasteiger partial charge < -0.3 is 10.4 Å². The van der Waals surface area contributed by atoms with E-state index in [1.54, 1.807) is 6.07 Å². The van der Waals surface area contributed by atoms with Gasteiger partial charge in [-0.25, -0.2) is 9.18 Å². The van der Waals surface area contributed by atoms with Crippen molar-refractivity contribution in [1.29, 1.82) is 0 Å².